The predicted molar refractivity (Wildman–Crippen MR) is 51.8 cm³/mol. The Labute approximate surface area is 71.6 Å². The number of hydrogen-bond acceptors (Lipinski definition) is 1. The number of rotatable bonds is 7. The van der Waals surface area contributed by atoms with Gasteiger partial charge in [-0.2, -0.15) is 0 Å². The van der Waals surface area contributed by atoms with E-state index in [0.717, 1.165) is 5.92 Å². The molecule has 0 radical (unpaired) electrons. The molecule has 0 amide bonds. The first kappa shape index (κ1) is 11.0. The average Bonchev–Trinajstić information content (AvgIpc) is 2.03. The molecule has 0 heterocycles. The van der Waals surface area contributed by atoms with Crippen molar-refractivity contribution in [2.75, 3.05) is 13.1 Å². The lowest BCUT2D eigenvalue weighted by molar-refractivity contribution is 0.429. The van der Waals surface area contributed by atoms with Gasteiger partial charge in [-0.05, 0) is 31.8 Å². The lowest BCUT2D eigenvalue weighted by Gasteiger charge is -2.13. The maximum absolute atomic E-state index is 3.47. The molecule has 1 unspecified atom stereocenters. The van der Waals surface area contributed by atoms with Crippen LogP contribution in [-0.2, 0) is 0 Å². The molecule has 1 N–H and O–H groups in total. The third kappa shape index (κ3) is 6.36. The van der Waals surface area contributed by atoms with Gasteiger partial charge in [0.25, 0.3) is 0 Å². The second kappa shape index (κ2) is 8.06. The highest BCUT2D eigenvalue weighted by atomic mass is 14.8. The van der Waals surface area contributed by atoms with Gasteiger partial charge in [-0.15, -0.1) is 0 Å². The van der Waals surface area contributed by atoms with Crippen molar-refractivity contribution >= 4 is 0 Å². The molecule has 0 aromatic heterocycles. The minimum absolute atomic E-state index is 0.909. The molecule has 1 nitrogen and oxygen atoms in total. The van der Waals surface area contributed by atoms with E-state index in [1.54, 1.807) is 0 Å². The van der Waals surface area contributed by atoms with E-state index in [1.807, 2.05) is 0 Å². The summed E-state index contributed by atoms with van der Waals surface area (Å²) in [6.45, 7) is 9.17. The normalized spacial score (nSPS) is 13.4. The van der Waals surface area contributed by atoms with Crippen molar-refractivity contribution in [2.24, 2.45) is 5.92 Å². The zero-order valence-corrected chi connectivity index (χ0v) is 8.32. The van der Waals surface area contributed by atoms with Crippen LogP contribution in [0.3, 0.4) is 0 Å². The van der Waals surface area contributed by atoms with E-state index in [1.165, 1.54) is 38.8 Å². The van der Waals surface area contributed by atoms with Crippen molar-refractivity contribution in [3.63, 3.8) is 0 Å². The minimum atomic E-state index is 0.909. The molecule has 0 aliphatic rings. The van der Waals surface area contributed by atoms with Gasteiger partial charge >= 0.3 is 0 Å². The molecule has 0 saturated heterocycles. The van der Waals surface area contributed by atoms with Crippen LogP contribution in [0.25, 0.3) is 0 Å². The van der Waals surface area contributed by atoms with Gasteiger partial charge in [0.2, 0.25) is 0 Å². The number of nitrogens with one attached hydrogen (secondary N) is 1. The molecule has 0 aliphatic heterocycles. The van der Waals surface area contributed by atoms with Gasteiger partial charge in [0.15, 0.2) is 0 Å². The molecule has 68 valence electrons. The monoisotopic (exact) mass is 157 g/mol. The lowest BCUT2D eigenvalue weighted by atomic mass is 10.0. The van der Waals surface area contributed by atoms with Crippen LogP contribution in [0.4, 0.5) is 0 Å². The first-order valence-electron chi connectivity index (χ1n) is 5.05. The van der Waals surface area contributed by atoms with Gasteiger partial charge in [-0.3, -0.25) is 0 Å². The second-order valence-electron chi connectivity index (χ2n) is 3.27. The molecular weight excluding hydrogens is 134 g/mol. The molecule has 11 heavy (non-hydrogen) atoms. The van der Waals surface area contributed by atoms with Crippen LogP contribution in [0.2, 0.25) is 0 Å². The molecule has 0 spiro atoms. The largest absolute Gasteiger partial charge is 0.316 e. The number of hydrogen-bond donors (Lipinski definition) is 1. The summed E-state index contributed by atoms with van der Waals surface area (Å²) < 4.78 is 0. The van der Waals surface area contributed by atoms with Crippen molar-refractivity contribution in [1.29, 1.82) is 0 Å². The maximum Gasteiger partial charge on any atom is -0.00206 e. The summed E-state index contributed by atoms with van der Waals surface area (Å²) in [5, 5.41) is 3.47. The van der Waals surface area contributed by atoms with Crippen LogP contribution in [-0.4, -0.2) is 13.1 Å². The van der Waals surface area contributed by atoms with Crippen LogP contribution in [0.15, 0.2) is 0 Å². The van der Waals surface area contributed by atoms with Gasteiger partial charge in [-0.1, -0.05) is 33.6 Å². The van der Waals surface area contributed by atoms with E-state index in [2.05, 4.69) is 26.1 Å². The van der Waals surface area contributed by atoms with Crippen LogP contribution >= 0.6 is 0 Å². The van der Waals surface area contributed by atoms with Crippen LogP contribution < -0.4 is 5.32 Å². The van der Waals surface area contributed by atoms with Crippen molar-refractivity contribution < 1.29 is 0 Å². The quantitative estimate of drug-likeness (QED) is 0.560. The molecule has 0 rings (SSSR count). The Morgan fingerprint density at radius 1 is 1.09 bits per heavy atom. The van der Waals surface area contributed by atoms with E-state index in [0.29, 0.717) is 0 Å². The second-order valence-corrected chi connectivity index (χ2v) is 3.27. The zero-order chi connectivity index (χ0) is 8.53. The maximum atomic E-state index is 3.47. The Morgan fingerprint density at radius 3 is 2.27 bits per heavy atom. The first-order valence-corrected chi connectivity index (χ1v) is 5.05. The summed E-state index contributed by atoms with van der Waals surface area (Å²) in [5.74, 6) is 0.909. The van der Waals surface area contributed by atoms with E-state index >= 15 is 0 Å². The van der Waals surface area contributed by atoms with Gasteiger partial charge in [0.05, 0.1) is 0 Å². The van der Waals surface area contributed by atoms with Crippen molar-refractivity contribution in [1.82, 2.24) is 5.32 Å². The molecule has 0 saturated carbocycles. The van der Waals surface area contributed by atoms with Crippen LogP contribution in [0.1, 0.15) is 46.5 Å². The fraction of sp³-hybridized carbons (Fsp3) is 1.00. The highest BCUT2D eigenvalue weighted by Crippen LogP contribution is 2.08. The highest BCUT2D eigenvalue weighted by Gasteiger charge is 2.02. The third-order valence-electron chi connectivity index (χ3n) is 2.13. The predicted octanol–water partition coefficient (Wildman–Crippen LogP) is 2.81. The van der Waals surface area contributed by atoms with E-state index in [4.69, 9.17) is 0 Å². The fourth-order valence-electron chi connectivity index (χ4n) is 1.34. The van der Waals surface area contributed by atoms with Crippen LogP contribution in [0, 0.1) is 5.92 Å². The minimum Gasteiger partial charge on any atom is -0.316 e. The molecule has 0 aliphatic carbocycles. The summed E-state index contributed by atoms with van der Waals surface area (Å²) in [5.41, 5.74) is 0. The van der Waals surface area contributed by atoms with E-state index < -0.39 is 0 Å². The van der Waals surface area contributed by atoms with Gasteiger partial charge < -0.3 is 5.32 Å². The lowest BCUT2D eigenvalue weighted by Crippen LogP contribution is -2.23. The Morgan fingerprint density at radius 2 is 1.82 bits per heavy atom. The molecule has 1 atom stereocenters. The van der Waals surface area contributed by atoms with Gasteiger partial charge in [-0.25, -0.2) is 0 Å². The summed E-state index contributed by atoms with van der Waals surface area (Å²) in [6, 6.07) is 0. The molecule has 0 aromatic carbocycles. The summed E-state index contributed by atoms with van der Waals surface area (Å²) in [6.07, 6.45) is 5.28. The van der Waals surface area contributed by atoms with E-state index in [-0.39, 0.29) is 0 Å². The summed E-state index contributed by atoms with van der Waals surface area (Å²) >= 11 is 0. The summed E-state index contributed by atoms with van der Waals surface area (Å²) in [4.78, 5) is 0. The molecule has 0 aromatic rings. The molecule has 0 bridgehead atoms. The van der Waals surface area contributed by atoms with Gasteiger partial charge in [0, 0.05) is 0 Å². The Balaban J connectivity index is 3.20. The average molecular weight is 157 g/mol. The Bertz CT molecular complexity index is 71.3. The highest BCUT2D eigenvalue weighted by molar-refractivity contribution is 4.59. The van der Waals surface area contributed by atoms with Crippen LogP contribution in [0.5, 0.6) is 0 Å². The summed E-state index contributed by atoms with van der Waals surface area (Å²) in [7, 11) is 0. The van der Waals surface area contributed by atoms with E-state index in [9.17, 15) is 0 Å². The standard InChI is InChI=1S/C10H23N/c1-4-7-10(6-3)9-11-8-5-2/h10-11H,4-9H2,1-3H3. The van der Waals surface area contributed by atoms with Crippen molar-refractivity contribution in [3.05, 3.63) is 0 Å². The first-order chi connectivity index (χ1) is 5.35. The molecular formula is C10H23N. The molecule has 0 fully saturated rings. The Kier molecular flexibility index (Phi) is 8.03. The van der Waals surface area contributed by atoms with Gasteiger partial charge in [0.1, 0.15) is 0 Å². The third-order valence-corrected chi connectivity index (χ3v) is 2.13. The SMILES string of the molecule is CCCNCC(CC)CCC. The fourth-order valence-corrected chi connectivity index (χ4v) is 1.34. The Hall–Kier alpha value is -0.0400. The topological polar surface area (TPSA) is 12.0 Å². The smallest absolute Gasteiger partial charge is 0.00206 e. The van der Waals surface area contributed by atoms with Crippen molar-refractivity contribution in [2.45, 2.75) is 46.5 Å². The van der Waals surface area contributed by atoms with Crippen molar-refractivity contribution in [3.8, 4) is 0 Å². The molecule has 1 heteroatoms. The zero-order valence-electron chi connectivity index (χ0n) is 8.32.